The molecule has 0 rings (SSSR count). The fourth-order valence-corrected chi connectivity index (χ4v) is 31.4. The molecule has 132 valence electrons. The second-order valence-electron chi connectivity index (χ2n) is 7.95. The number of allylic oxidation sites excluding steroid dienone is 2. The average Bonchev–Trinajstić information content (AvgIpc) is 2.42. The highest BCUT2D eigenvalue weighted by atomic mass is 29.3. The lowest BCUT2D eigenvalue weighted by atomic mass is 10.5. The molecular weight excluding hydrogens is 298 g/mol. The van der Waals surface area contributed by atoms with E-state index in [0.29, 0.717) is 0 Å². The Labute approximate surface area is 143 Å². The zero-order valence-corrected chi connectivity index (χ0v) is 19.1. The molecule has 0 radical (unpaired) electrons. The van der Waals surface area contributed by atoms with Crippen LogP contribution in [-0.2, 0) is 0 Å². The molecular formula is C19H43NSi2. The van der Waals surface area contributed by atoms with Gasteiger partial charge in [0.2, 0.25) is 0 Å². The molecule has 0 saturated heterocycles. The van der Waals surface area contributed by atoms with Gasteiger partial charge in [0.25, 0.3) is 0 Å². The Morgan fingerprint density at radius 1 is 0.909 bits per heavy atom. The lowest BCUT2D eigenvalue weighted by molar-refractivity contribution is 0.795. The van der Waals surface area contributed by atoms with Crippen LogP contribution in [0.15, 0.2) is 11.3 Å². The summed E-state index contributed by atoms with van der Waals surface area (Å²) in [5, 5.41) is 1.73. The summed E-state index contributed by atoms with van der Waals surface area (Å²) in [5.41, 5.74) is 2.51. The standard InChI is InChI=1S/C19H43NSi2/c1-11-14-20-21(15-12-2,19(10)13-3)22(16(4)5,17(6)7)18(8)9/h13,16-18,20H,11-12,14-15H2,1-10H3/b19-13+. The highest BCUT2D eigenvalue weighted by Crippen LogP contribution is 2.50. The summed E-state index contributed by atoms with van der Waals surface area (Å²) in [6.45, 7) is 25.8. The third-order valence-corrected chi connectivity index (χ3v) is 29.1. The molecule has 0 amide bonds. The Kier molecular flexibility index (Phi) is 9.49. The van der Waals surface area contributed by atoms with Crippen molar-refractivity contribution < 1.29 is 0 Å². The molecule has 0 aliphatic carbocycles. The SMILES string of the molecule is C/C=C(\C)[Si](CCC)(NCCC)[Si](C(C)C)(C(C)C)C(C)C. The first kappa shape index (κ1) is 22.1. The van der Waals surface area contributed by atoms with Crippen LogP contribution in [0.3, 0.4) is 0 Å². The first-order valence-electron chi connectivity index (χ1n) is 9.57. The maximum Gasteiger partial charge on any atom is 0.142 e. The second-order valence-corrected chi connectivity index (χ2v) is 21.9. The highest BCUT2D eigenvalue weighted by Gasteiger charge is 2.60. The molecule has 0 aliphatic rings. The zero-order valence-electron chi connectivity index (χ0n) is 17.1. The largest absolute Gasteiger partial charge is 0.336 e. The summed E-state index contributed by atoms with van der Waals surface area (Å²) in [4.78, 5) is 4.25. The molecule has 0 spiro atoms. The number of hydrogen-bond donors (Lipinski definition) is 1. The summed E-state index contributed by atoms with van der Waals surface area (Å²) in [6.07, 6.45) is 5.00. The van der Waals surface area contributed by atoms with Gasteiger partial charge in [-0.2, -0.15) is 0 Å². The molecule has 0 heterocycles. The van der Waals surface area contributed by atoms with Crippen LogP contribution < -0.4 is 4.98 Å². The molecule has 1 unspecified atom stereocenters. The van der Waals surface area contributed by atoms with Crippen molar-refractivity contribution in [3.05, 3.63) is 11.3 Å². The first-order chi connectivity index (χ1) is 10.2. The van der Waals surface area contributed by atoms with E-state index in [-0.39, 0.29) is 0 Å². The number of nitrogens with one attached hydrogen (secondary N) is 1. The van der Waals surface area contributed by atoms with Gasteiger partial charge in [0.1, 0.15) is 7.75 Å². The maximum atomic E-state index is 4.25. The van der Waals surface area contributed by atoms with Gasteiger partial charge in [-0.3, -0.25) is 0 Å². The van der Waals surface area contributed by atoms with E-state index in [2.05, 4.69) is 80.3 Å². The quantitative estimate of drug-likeness (QED) is 0.441. The van der Waals surface area contributed by atoms with E-state index in [9.17, 15) is 0 Å². The molecule has 0 aromatic heterocycles. The Morgan fingerprint density at radius 2 is 1.36 bits per heavy atom. The van der Waals surface area contributed by atoms with Crippen molar-refractivity contribution in [2.75, 3.05) is 6.54 Å². The van der Waals surface area contributed by atoms with Crippen molar-refractivity contribution in [3.8, 4) is 0 Å². The van der Waals surface area contributed by atoms with Crippen LogP contribution in [0, 0.1) is 0 Å². The molecule has 22 heavy (non-hydrogen) atoms. The van der Waals surface area contributed by atoms with Gasteiger partial charge >= 0.3 is 0 Å². The van der Waals surface area contributed by atoms with E-state index >= 15 is 0 Å². The van der Waals surface area contributed by atoms with Crippen LogP contribution in [0.25, 0.3) is 0 Å². The van der Waals surface area contributed by atoms with Crippen molar-refractivity contribution >= 4 is 15.3 Å². The van der Waals surface area contributed by atoms with E-state index in [0.717, 1.165) is 16.6 Å². The number of hydrogen-bond acceptors (Lipinski definition) is 1. The Balaban J connectivity index is 6.48. The summed E-state index contributed by atoms with van der Waals surface area (Å²) in [5.74, 6) is 0. The Bertz CT molecular complexity index is 326. The van der Waals surface area contributed by atoms with Crippen LogP contribution in [0.5, 0.6) is 0 Å². The average molecular weight is 342 g/mol. The molecule has 0 saturated carbocycles. The smallest absolute Gasteiger partial charge is 0.142 e. The van der Waals surface area contributed by atoms with Crippen LogP contribution in [-0.4, -0.2) is 21.9 Å². The van der Waals surface area contributed by atoms with Gasteiger partial charge in [-0.1, -0.05) is 89.7 Å². The lowest BCUT2D eigenvalue weighted by Crippen LogP contribution is -2.76. The predicted molar refractivity (Wildman–Crippen MR) is 110 cm³/mol. The Morgan fingerprint density at radius 3 is 1.64 bits per heavy atom. The van der Waals surface area contributed by atoms with E-state index in [4.69, 9.17) is 0 Å². The maximum absolute atomic E-state index is 4.25. The molecule has 1 atom stereocenters. The third-order valence-electron chi connectivity index (χ3n) is 6.01. The van der Waals surface area contributed by atoms with Gasteiger partial charge in [-0.25, -0.2) is 0 Å². The highest BCUT2D eigenvalue weighted by molar-refractivity contribution is 7.45. The molecule has 1 nitrogen and oxygen atoms in total. The van der Waals surface area contributed by atoms with E-state index < -0.39 is 15.3 Å². The van der Waals surface area contributed by atoms with Crippen LogP contribution in [0.2, 0.25) is 22.7 Å². The van der Waals surface area contributed by atoms with Crippen molar-refractivity contribution in [3.63, 3.8) is 0 Å². The van der Waals surface area contributed by atoms with Crippen molar-refractivity contribution in [2.45, 2.75) is 105 Å². The molecule has 0 bridgehead atoms. The predicted octanol–water partition coefficient (Wildman–Crippen LogP) is 6.60. The normalized spacial score (nSPS) is 16.7. The fraction of sp³-hybridized carbons (Fsp3) is 0.895. The fourth-order valence-electron chi connectivity index (χ4n) is 5.57. The minimum absolute atomic E-state index is 0.838. The monoisotopic (exact) mass is 341 g/mol. The van der Waals surface area contributed by atoms with Gasteiger partial charge in [0, 0.05) is 0 Å². The van der Waals surface area contributed by atoms with Gasteiger partial charge in [-0.05, 0) is 32.9 Å². The number of rotatable bonds is 10. The van der Waals surface area contributed by atoms with Crippen LogP contribution >= 0.6 is 0 Å². The first-order valence-corrected chi connectivity index (χ1v) is 15.0. The van der Waals surface area contributed by atoms with Gasteiger partial charge in [0.05, 0.1) is 7.59 Å². The third kappa shape index (κ3) is 3.78. The van der Waals surface area contributed by atoms with E-state index in [1.807, 2.05) is 0 Å². The van der Waals surface area contributed by atoms with E-state index in [1.165, 1.54) is 25.4 Å². The van der Waals surface area contributed by atoms with Crippen LogP contribution in [0.4, 0.5) is 0 Å². The van der Waals surface area contributed by atoms with Crippen molar-refractivity contribution in [1.82, 2.24) is 4.98 Å². The lowest BCUT2D eigenvalue weighted by Gasteiger charge is -2.57. The minimum Gasteiger partial charge on any atom is -0.336 e. The second kappa shape index (κ2) is 9.43. The molecule has 3 heteroatoms. The molecule has 0 aromatic rings. The van der Waals surface area contributed by atoms with Gasteiger partial charge in [0.15, 0.2) is 0 Å². The summed E-state index contributed by atoms with van der Waals surface area (Å²) in [6, 6.07) is 1.42. The summed E-state index contributed by atoms with van der Waals surface area (Å²) < 4.78 is 0. The van der Waals surface area contributed by atoms with Crippen molar-refractivity contribution in [2.24, 2.45) is 0 Å². The van der Waals surface area contributed by atoms with E-state index in [1.54, 1.807) is 5.20 Å². The van der Waals surface area contributed by atoms with Gasteiger partial charge in [-0.15, -0.1) is 0 Å². The zero-order chi connectivity index (χ0) is 17.6. The van der Waals surface area contributed by atoms with Gasteiger partial charge < -0.3 is 4.98 Å². The molecule has 0 aromatic carbocycles. The van der Waals surface area contributed by atoms with Crippen molar-refractivity contribution in [1.29, 1.82) is 0 Å². The molecule has 0 aliphatic heterocycles. The topological polar surface area (TPSA) is 12.0 Å². The molecule has 1 N–H and O–H groups in total. The Hall–Kier alpha value is 0.134. The summed E-state index contributed by atoms with van der Waals surface area (Å²) >= 11 is 0. The summed E-state index contributed by atoms with van der Waals surface area (Å²) in [7, 11) is -3.13. The van der Waals surface area contributed by atoms with Crippen LogP contribution in [0.1, 0.15) is 82.1 Å². The minimum atomic E-state index is -1.64. The molecule has 0 fully saturated rings.